The Morgan fingerprint density at radius 2 is 1.62 bits per heavy atom. The minimum Gasteiger partial charge on any atom is -0.394 e. The summed E-state index contributed by atoms with van der Waals surface area (Å²) in [5.41, 5.74) is 29.4. The van der Waals surface area contributed by atoms with Gasteiger partial charge in [-0.1, -0.05) is 0 Å². The van der Waals surface area contributed by atoms with E-state index in [1.807, 2.05) is 0 Å². The van der Waals surface area contributed by atoms with Crippen LogP contribution in [-0.2, 0) is 23.7 Å². The Bertz CT molecular complexity index is 822. The lowest BCUT2D eigenvalue weighted by Crippen LogP contribution is -2.68. The molecule has 0 bridgehead atoms. The first-order valence-electron chi connectivity index (χ1n) is 13.4. The Kier molecular flexibility index (Phi) is 12.0. The van der Waals surface area contributed by atoms with Crippen molar-refractivity contribution in [1.82, 2.24) is 4.90 Å². The van der Waals surface area contributed by atoms with E-state index in [1.54, 1.807) is 0 Å². The molecule has 40 heavy (non-hydrogen) atoms. The van der Waals surface area contributed by atoms with E-state index in [0.29, 0.717) is 0 Å². The lowest BCUT2D eigenvalue weighted by Gasteiger charge is -2.49. The van der Waals surface area contributed by atoms with Crippen LogP contribution >= 0.6 is 0 Å². The molecule has 1 aliphatic carbocycles. The monoisotopic (exact) mass is 584 g/mol. The number of hydrogen-bond acceptors (Lipinski definition) is 15. The van der Waals surface area contributed by atoms with Crippen LogP contribution in [0.15, 0.2) is 0 Å². The minimum atomic E-state index is -2.07. The number of nitrogens with zero attached hydrogens (tertiary/aromatic N) is 1. The molecule has 3 aliphatic rings. The molecule has 15 atom stereocenters. The summed E-state index contributed by atoms with van der Waals surface area (Å²) in [7, 11) is 1.33. The Morgan fingerprint density at radius 1 is 1.00 bits per heavy atom. The van der Waals surface area contributed by atoms with Crippen molar-refractivity contribution in [3.05, 3.63) is 0 Å². The first kappa shape index (κ1) is 33.3. The second kappa shape index (κ2) is 14.3. The molecule has 2 unspecified atom stereocenters. The van der Waals surface area contributed by atoms with Gasteiger partial charge in [0.25, 0.3) is 5.91 Å². The number of aliphatic hydroxyl groups excluding tert-OH is 5. The van der Waals surface area contributed by atoms with Gasteiger partial charge in [-0.15, -0.1) is 0 Å². The smallest absolute Gasteiger partial charge is 0.251 e. The second-order valence-electron chi connectivity index (χ2n) is 10.7. The quantitative estimate of drug-likeness (QED) is 0.114. The van der Waals surface area contributed by atoms with Crippen LogP contribution < -0.4 is 28.7 Å². The molecule has 0 aromatic rings. The molecule has 0 spiro atoms. The summed E-state index contributed by atoms with van der Waals surface area (Å²) in [6.45, 7) is -0.679. The molecule has 15 N–H and O–H groups in total. The van der Waals surface area contributed by atoms with Crippen molar-refractivity contribution >= 4 is 5.91 Å². The summed E-state index contributed by atoms with van der Waals surface area (Å²) < 4.78 is 39.3. The lowest BCUT2D eigenvalue weighted by molar-refractivity contribution is -0.313. The first-order valence-corrected chi connectivity index (χ1v) is 13.4. The number of ether oxygens (including phenoxy) is 4. The maximum absolute atomic E-state index is 16.4. The van der Waals surface area contributed by atoms with Gasteiger partial charge < -0.3 is 78.0 Å². The molecule has 2 aliphatic heterocycles. The van der Waals surface area contributed by atoms with Gasteiger partial charge in [0.15, 0.2) is 18.8 Å². The minimum absolute atomic E-state index is 0.0253. The molecule has 0 radical (unpaired) electrons. The van der Waals surface area contributed by atoms with E-state index < -0.39 is 104 Å². The fraction of sp³-hybridized carbons (Fsp3) is 0.957. The highest BCUT2D eigenvalue weighted by Gasteiger charge is 2.53. The number of halogens is 1. The lowest BCUT2D eigenvalue weighted by atomic mass is 9.83. The van der Waals surface area contributed by atoms with Gasteiger partial charge in [-0.25, -0.2) is 4.39 Å². The molecule has 17 heteroatoms. The van der Waals surface area contributed by atoms with Crippen molar-refractivity contribution < 1.29 is 53.7 Å². The molecule has 234 valence electrons. The predicted molar refractivity (Wildman–Crippen MR) is 136 cm³/mol. The number of likely N-dealkylation sites (N-methyl/N-ethyl adjacent to an activating group) is 1. The highest BCUT2D eigenvalue weighted by molar-refractivity contribution is 5.80. The summed E-state index contributed by atoms with van der Waals surface area (Å²) in [5, 5.41) is 50.7. The number of hydrogen-bond donors (Lipinski definition) is 10. The van der Waals surface area contributed by atoms with Crippen molar-refractivity contribution in [3.63, 3.8) is 0 Å². The van der Waals surface area contributed by atoms with Gasteiger partial charge in [0.05, 0.1) is 36.9 Å². The Balaban J connectivity index is 1.88. The van der Waals surface area contributed by atoms with Gasteiger partial charge >= 0.3 is 0 Å². The maximum atomic E-state index is 16.4. The van der Waals surface area contributed by atoms with Gasteiger partial charge in [0.1, 0.15) is 36.6 Å². The average molecular weight is 585 g/mol. The summed E-state index contributed by atoms with van der Waals surface area (Å²) in [6.07, 6.45) is -15.4. The summed E-state index contributed by atoms with van der Waals surface area (Å²) in [4.78, 5) is 14.0. The Hall–Kier alpha value is -1.16. The Labute approximate surface area is 231 Å². The number of aliphatic hydroxyl groups is 5. The van der Waals surface area contributed by atoms with E-state index in [1.165, 1.54) is 7.05 Å². The van der Waals surface area contributed by atoms with Crippen molar-refractivity contribution in [1.29, 1.82) is 0 Å². The number of carbonyl (C=O) groups is 1. The van der Waals surface area contributed by atoms with Gasteiger partial charge in [-0.2, -0.15) is 0 Å². The molecule has 1 amide bonds. The molecule has 3 fully saturated rings. The van der Waals surface area contributed by atoms with Crippen molar-refractivity contribution in [2.45, 2.75) is 111 Å². The molecule has 1 saturated carbocycles. The predicted octanol–water partition coefficient (Wildman–Crippen LogP) is -6.11. The van der Waals surface area contributed by atoms with E-state index in [2.05, 4.69) is 0 Å². The maximum Gasteiger partial charge on any atom is 0.251 e. The van der Waals surface area contributed by atoms with Gasteiger partial charge in [0.2, 0.25) is 0 Å². The van der Waals surface area contributed by atoms with Crippen LogP contribution in [-0.4, -0.2) is 155 Å². The number of rotatable bonds is 10. The van der Waals surface area contributed by atoms with Crippen LogP contribution in [0.25, 0.3) is 0 Å². The van der Waals surface area contributed by atoms with Gasteiger partial charge in [-0.3, -0.25) is 4.79 Å². The van der Waals surface area contributed by atoms with Crippen LogP contribution in [0, 0.1) is 0 Å². The third-order valence-corrected chi connectivity index (χ3v) is 7.87. The normalized spacial score (nSPS) is 45.2. The molecule has 0 aromatic heterocycles. The zero-order valence-electron chi connectivity index (χ0n) is 22.4. The highest BCUT2D eigenvalue weighted by Crippen LogP contribution is 2.34. The first-order chi connectivity index (χ1) is 18.9. The van der Waals surface area contributed by atoms with E-state index in [4.69, 9.17) is 47.6 Å². The van der Waals surface area contributed by atoms with Crippen LogP contribution in [0.5, 0.6) is 0 Å². The average Bonchev–Trinajstić information content (AvgIpc) is 2.92. The molecular weight excluding hydrogens is 539 g/mol. The van der Waals surface area contributed by atoms with E-state index in [0.717, 1.165) is 4.90 Å². The van der Waals surface area contributed by atoms with E-state index in [-0.39, 0.29) is 32.4 Å². The van der Waals surface area contributed by atoms with Crippen molar-refractivity contribution in [3.8, 4) is 0 Å². The van der Waals surface area contributed by atoms with Crippen LogP contribution in [0.4, 0.5) is 4.39 Å². The topological polar surface area (TPSA) is 288 Å². The zero-order chi connectivity index (χ0) is 29.9. The van der Waals surface area contributed by atoms with Crippen molar-refractivity contribution in [2.24, 2.45) is 28.7 Å². The van der Waals surface area contributed by atoms with Gasteiger partial charge in [0, 0.05) is 19.6 Å². The largest absolute Gasteiger partial charge is 0.394 e. The summed E-state index contributed by atoms with van der Waals surface area (Å²) in [6, 6.07) is -4.24. The summed E-state index contributed by atoms with van der Waals surface area (Å²) >= 11 is 0. The molecule has 2 saturated heterocycles. The van der Waals surface area contributed by atoms with Crippen LogP contribution in [0.2, 0.25) is 0 Å². The molecular formula is C23H45FN6O10. The fourth-order valence-electron chi connectivity index (χ4n) is 5.37. The summed E-state index contributed by atoms with van der Waals surface area (Å²) in [5.74, 6) is -0.759. The third kappa shape index (κ3) is 7.07. The zero-order valence-corrected chi connectivity index (χ0v) is 22.4. The molecule has 16 nitrogen and oxygen atoms in total. The number of nitrogens with two attached hydrogens (primary N) is 5. The third-order valence-electron chi connectivity index (χ3n) is 7.87. The molecule has 2 heterocycles. The number of carbonyl (C=O) groups excluding carboxylic acids is 1. The van der Waals surface area contributed by atoms with Crippen molar-refractivity contribution in [2.75, 3.05) is 26.7 Å². The SMILES string of the molecule is CN(C(=O)[C@@H](O)CCN)[C@@H]1C[C@H](N)[C@@H](OC2O[C@H](CN)[C@@H](O)C[C@H]2N)[C@@H](F)C1O[C@@H]1O[C@H](CO)[C@@H](O)[C@H](N)[C@H]1O. The highest BCUT2D eigenvalue weighted by atomic mass is 19.1. The second-order valence-corrected chi connectivity index (χ2v) is 10.7. The van der Waals surface area contributed by atoms with Gasteiger partial charge in [-0.05, 0) is 25.8 Å². The Morgan fingerprint density at radius 3 is 2.23 bits per heavy atom. The fourth-order valence-corrected chi connectivity index (χ4v) is 5.37. The molecule has 0 aromatic carbocycles. The number of amides is 1. The van der Waals surface area contributed by atoms with Crippen LogP contribution in [0.3, 0.4) is 0 Å². The molecule has 3 rings (SSSR count). The number of alkyl halides is 1. The van der Waals surface area contributed by atoms with Crippen LogP contribution in [0.1, 0.15) is 19.3 Å². The van der Waals surface area contributed by atoms with E-state index >= 15 is 4.39 Å². The standard InChI is InChI=1S/C23H45FN6O10/c1-30(21(36)11(32)2-3-25)10-4-8(27)19(39-22-9(28)5-12(33)13(6-26)37-22)15(24)20(10)40-23-18(35)16(29)17(34)14(7-31)38-23/h8-20,22-23,31-35H,2-7,25-29H2,1H3/t8-,9+,10+,11-,12-,13+,14+,15+,16-,17+,18+,19+,20?,22?,23-/m0/s1. The van der Waals surface area contributed by atoms with E-state index in [9.17, 15) is 30.3 Å².